The molecule has 0 unspecified atom stereocenters. The van der Waals surface area contributed by atoms with Crippen molar-refractivity contribution in [3.8, 4) is 5.75 Å². The Balaban J connectivity index is 1.53. The molecule has 1 aromatic carbocycles. The van der Waals surface area contributed by atoms with Gasteiger partial charge in [0.25, 0.3) is 11.8 Å². The average molecular weight is 449 g/mol. The first-order valence-corrected chi connectivity index (χ1v) is 11.5. The van der Waals surface area contributed by atoms with Crippen LogP contribution in [0, 0.1) is 0 Å². The van der Waals surface area contributed by atoms with Crippen molar-refractivity contribution in [2.45, 2.75) is 38.7 Å². The number of anilines is 1. The van der Waals surface area contributed by atoms with Gasteiger partial charge in [0.05, 0.1) is 18.8 Å². The largest absolute Gasteiger partial charge is 0.481 e. The lowest BCUT2D eigenvalue weighted by Crippen LogP contribution is -2.41. The molecule has 0 radical (unpaired) electrons. The topological polar surface area (TPSA) is 67.9 Å². The Morgan fingerprint density at radius 1 is 1.17 bits per heavy atom. The molecule has 1 aromatic heterocycles. The number of morpholine rings is 1. The van der Waals surface area contributed by atoms with Gasteiger partial charge in [-0.1, -0.05) is 11.6 Å². The maximum absolute atomic E-state index is 13.3. The number of amides is 2. The van der Waals surface area contributed by atoms with Crippen LogP contribution in [-0.4, -0.2) is 49.1 Å². The third-order valence-corrected chi connectivity index (χ3v) is 6.88. The average Bonchev–Trinajstić information content (AvgIpc) is 3.13. The van der Waals surface area contributed by atoms with Crippen LogP contribution in [0.25, 0.3) is 0 Å². The molecule has 8 heteroatoms. The Morgan fingerprint density at radius 2 is 1.87 bits per heavy atom. The number of aryl methyl sites for hydroxylation is 1. The van der Waals surface area contributed by atoms with Gasteiger partial charge in [-0.25, -0.2) is 0 Å². The van der Waals surface area contributed by atoms with E-state index in [1.165, 1.54) is 16.2 Å². The zero-order chi connectivity index (χ0) is 21.1. The summed E-state index contributed by atoms with van der Waals surface area (Å²) in [4.78, 5) is 29.2. The van der Waals surface area contributed by atoms with E-state index in [9.17, 15) is 9.59 Å². The summed E-state index contributed by atoms with van der Waals surface area (Å²) < 4.78 is 11.1. The Hall–Kier alpha value is -2.09. The van der Waals surface area contributed by atoms with Gasteiger partial charge >= 0.3 is 0 Å². The molecule has 2 amide bonds. The number of rotatable bonds is 5. The van der Waals surface area contributed by atoms with E-state index in [1.807, 2.05) is 4.90 Å². The maximum atomic E-state index is 13.3. The fourth-order valence-electron chi connectivity index (χ4n) is 3.79. The van der Waals surface area contributed by atoms with Crippen LogP contribution >= 0.6 is 22.9 Å². The minimum atomic E-state index is -0.711. The molecule has 1 aliphatic heterocycles. The monoisotopic (exact) mass is 448 g/mol. The molecular formula is C22H25ClN2O4S. The van der Waals surface area contributed by atoms with Crippen LogP contribution in [0.15, 0.2) is 24.3 Å². The van der Waals surface area contributed by atoms with Gasteiger partial charge in [0.2, 0.25) is 0 Å². The lowest BCUT2D eigenvalue weighted by atomic mass is 9.95. The van der Waals surface area contributed by atoms with Crippen molar-refractivity contribution < 1.29 is 19.1 Å². The van der Waals surface area contributed by atoms with Crippen LogP contribution in [0.2, 0.25) is 5.02 Å². The summed E-state index contributed by atoms with van der Waals surface area (Å²) in [6.07, 6.45) is 3.30. The number of thiophene rings is 1. The lowest BCUT2D eigenvalue weighted by Gasteiger charge is -2.28. The summed E-state index contributed by atoms with van der Waals surface area (Å²) in [6, 6.07) is 6.88. The Bertz CT molecular complexity index is 922. The van der Waals surface area contributed by atoms with Crippen molar-refractivity contribution in [3.63, 3.8) is 0 Å². The summed E-state index contributed by atoms with van der Waals surface area (Å²) >= 11 is 7.43. The Kier molecular flexibility index (Phi) is 6.61. The van der Waals surface area contributed by atoms with E-state index in [0.29, 0.717) is 47.6 Å². The lowest BCUT2D eigenvalue weighted by molar-refractivity contribution is -0.122. The number of ether oxygens (including phenoxy) is 2. The van der Waals surface area contributed by atoms with Gasteiger partial charge in [0.1, 0.15) is 10.8 Å². The number of halogens is 1. The third kappa shape index (κ3) is 4.63. The van der Waals surface area contributed by atoms with Crippen molar-refractivity contribution in [3.05, 3.63) is 45.3 Å². The molecule has 2 aliphatic rings. The maximum Gasteiger partial charge on any atom is 0.265 e. The zero-order valence-corrected chi connectivity index (χ0v) is 18.5. The first kappa shape index (κ1) is 21.2. The second-order valence-electron chi connectivity index (χ2n) is 7.52. The van der Waals surface area contributed by atoms with Crippen molar-refractivity contribution in [2.75, 3.05) is 31.6 Å². The van der Waals surface area contributed by atoms with Crippen LogP contribution in [0.1, 0.15) is 40.6 Å². The number of nitrogens with zero attached hydrogens (tertiary/aromatic N) is 1. The van der Waals surface area contributed by atoms with E-state index >= 15 is 0 Å². The van der Waals surface area contributed by atoms with Crippen molar-refractivity contribution in [1.82, 2.24) is 4.90 Å². The van der Waals surface area contributed by atoms with Crippen molar-refractivity contribution in [1.29, 1.82) is 0 Å². The normalized spacial score (nSPS) is 17.2. The third-order valence-electron chi connectivity index (χ3n) is 5.42. The van der Waals surface area contributed by atoms with Crippen molar-refractivity contribution >= 4 is 39.8 Å². The highest BCUT2D eigenvalue weighted by molar-refractivity contribution is 7.17. The predicted molar refractivity (Wildman–Crippen MR) is 118 cm³/mol. The minimum Gasteiger partial charge on any atom is -0.481 e. The number of nitrogens with one attached hydrogen (secondary N) is 1. The van der Waals surface area contributed by atoms with Crippen LogP contribution in [0.4, 0.5) is 5.00 Å². The zero-order valence-electron chi connectivity index (χ0n) is 16.9. The van der Waals surface area contributed by atoms with Crippen LogP contribution in [0.5, 0.6) is 5.75 Å². The van der Waals surface area contributed by atoms with E-state index < -0.39 is 6.10 Å². The van der Waals surface area contributed by atoms with E-state index in [-0.39, 0.29) is 11.8 Å². The summed E-state index contributed by atoms with van der Waals surface area (Å²) in [5.74, 6) is 0.274. The highest BCUT2D eigenvalue weighted by Gasteiger charge is 2.30. The molecule has 1 N–H and O–H groups in total. The van der Waals surface area contributed by atoms with Crippen LogP contribution in [-0.2, 0) is 22.4 Å². The van der Waals surface area contributed by atoms with Gasteiger partial charge in [-0.3, -0.25) is 9.59 Å². The van der Waals surface area contributed by atoms with Gasteiger partial charge in [-0.15, -0.1) is 11.3 Å². The Morgan fingerprint density at radius 3 is 2.60 bits per heavy atom. The quantitative estimate of drug-likeness (QED) is 0.745. The fourth-order valence-corrected chi connectivity index (χ4v) is 5.20. The second kappa shape index (κ2) is 9.37. The molecule has 0 bridgehead atoms. The van der Waals surface area contributed by atoms with Gasteiger partial charge in [0, 0.05) is 23.0 Å². The number of hydrogen-bond donors (Lipinski definition) is 1. The van der Waals surface area contributed by atoms with E-state index in [0.717, 1.165) is 31.2 Å². The molecule has 2 heterocycles. The van der Waals surface area contributed by atoms with Crippen LogP contribution in [0.3, 0.4) is 0 Å². The molecule has 1 saturated heterocycles. The summed E-state index contributed by atoms with van der Waals surface area (Å²) in [5.41, 5.74) is 1.76. The SMILES string of the molecule is C[C@H](Oc1ccc(Cl)cc1)C(=O)Nc1sc2c(c1C(=O)N1CCOCC1)CCCC2. The highest BCUT2D eigenvalue weighted by atomic mass is 35.5. The van der Waals surface area contributed by atoms with E-state index in [1.54, 1.807) is 31.2 Å². The van der Waals surface area contributed by atoms with Crippen molar-refractivity contribution in [2.24, 2.45) is 0 Å². The van der Waals surface area contributed by atoms with Crippen LogP contribution < -0.4 is 10.1 Å². The molecule has 1 atom stereocenters. The number of benzene rings is 1. The summed E-state index contributed by atoms with van der Waals surface area (Å²) in [7, 11) is 0. The molecule has 160 valence electrons. The molecule has 6 nitrogen and oxygen atoms in total. The molecule has 1 aliphatic carbocycles. The highest BCUT2D eigenvalue weighted by Crippen LogP contribution is 2.39. The smallest absolute Gasteiger partial charge is 0.265 e. The molecule has 2 aromatic rings. The summed E-state index contributed by atoms with van der Waals surface area (Å²) in [6.45, 7) is 3.94. The molecule has 0 spiro atoms. The molecule has 4 rings (SSSR count). The molecule has 0 saturated carbocycles. The number of carbonyl (C=O) groups is 2. The molecule has 30 heavy (non-hydrogen) atoms. The number of fused-ring (bicyclic) bond motifs is 1. The predicted octanol–water partition coefficient (Wildman–Crippen LogP) is 4.16. The van der Waals surface area contributed by atoms with Gasteiger partial charge in [-0.2, -0.15) is 0 Å². The standard InChI is InChI=1S/C22H25ClN2O4S/c1-14(29-16-8-6-15(23)7-9-16)20(26)24-21-19(17-4-2-3-5-18(17)30-21)22(27)25-10-12-28-13-11-25/h6-9,14H,2-5,10-13H2,1H3,(H,24,26)/t14-/m0/s1. The minimum absolute atomic E-state index is 0.0146. The summed E-state index contributed by atoms with van der Waals surface area (Å²) in [5, 5.41) is 4.21. The molecular weight excluding hydrogens is 424 g/mol. The Labute approximate surface area is 185 Å². The van der Waals surface area contributed by atoms with Gasteiger partial charge in [0.15, 0.2) is 6.10 Å². The molecule has 1 fully saturated rings. The van der Waals surface area contributed by atoms with E-state index in [4.69, 9.17) is 21.1 Å². The van der Waals surface area contributed by atoms with E-state index in [2.05, 4.69) is 5.32 Å². The number of carbonyl (C=O) groups excluding carboxylic acids is 2. The first-order valence-electron chi connectivity index (χ1n) is 10.3. The van der Waals surface area contributed by atoms with Gasteiger partial charge < -0.3 is 19.7 Å². The van der Waals surface area contributed by atoms with Gasteiger partial charge in [-0.05, 0) is 62.4 Å². The second-order valence-corrected chi connectivity index (χ2v) is 9.06. The number of hydrogen-bond acceptors (Lipinski definition) is 5. The first-order chi connectivity index (χ1) is 14.5. The fraction of sp³-hybridized carbons (Fsp3) is 0.455.